The number of nitrogens with zero attached hydrogens (tertiary/aromatic N) is 2. The molecule has 0 amide bonds. The van der Waals surface area contributed by atoms with Crippen molar-refractivity contribution in [3.8, 4) is 11.5 Å². The molecule has 0 unspecified atom stereocenters. The summed E-state index contributed by atoms with van der Waals surface area (Å²) in [5, 5.41) is 3.08. The standard InChI is InChI=1S/C14H17N3O2/c1-11-4-3-5-12(8-11)19-7-6-15-14-16-9-13(18-2)10-17-14/h3-5,8-10H,6-7H2,1-2H3,(H,15,16,17). The van der Waals surface area contributed by atoms with Crippen molar-refractivity contribution in [1.82, 2.24) is 9.97 Å². The van der Waals surface area contributed by atoms with Gasteiger partial charge in [-0.25, -0.2) is 9.97 Å². The molecule has 0 saturated heterocycles. The van der Waals surface area contributed by atoms with E-state index in [0.29, 0.717) is 24.8 Å². The lowest BCUT2D eigenvalue weighted by molar-refractivity contribution is 0.332. The molecule has 1 aromatic heterocycles. The Hall–Kier alpha value is -2.30. The van der Waals surface area contributed by atoms with Gasteiger partial charge in [0.1, 0.15) is 12.4 Å². The molecule has 100 valence electrons. The van der Waals surface area contributed by atoms with E-state index in [0.717, 1.165) is 5.75 Å². The van der Waals surface area contributed by atoms with Crippen molar-refractivity contribution in [2.24, 2.45) is 0 Å². The van der Waals surface area contributed by atoms with Crippen molar-refractivity contribution < 1.29 is 9.47 Å². The smallest absolute Gasteiger partial charge is 0.222 e. The number of aryl methyl sites for hydroxylation is 1. The van der Waals surface area contributed by atoms with Gasteiger partial charge in [0.05, 0.1) is 26.0 Å². The number of benzene rings is 1. The summed E-state index contributed by atoms with van der Waals surface area (Å²) >= 11 is 0. The third kappa shape index (κ3) is 4.13. The zero-order chi connectivity index (χ0) is 13.5. The molecule has 1 N–H and O–H groups in total. The van der Waals surface area contributed by atoms with Crippen LogP contribution in [0.1, 0.15) is 5.56 Å². The van der Waals surface area contributed by atoms with Gasteiger partial charge in [0.2, 0.25) is 5.95 Å². The number of hydrogen-bond acceptors (Lipinski definition) is 5. The summed E-state index contributed by atoms with van der Waals surface area (Å²) < 4.78 is 10.6. The molecule has 0 aliphatic heterocycles. The molecule has 0 radical (unpaired) electrons. The molecule has 0 aliphatic carbocycles. The summed E-state index contributed by atoms with van der Waals surface area (Å²) in [5.41, 5.74) is 1.18. The van der Waals surface area contributed by atoms with E-state index in [1.807, 2.05) is 31.2 Å². The average Bonchev–Trinajstić information content (AvgIpc) is 2.44. The van der Waals surface area contributed by atoms with Gasteiger partial charge in [0.25, 0.3) is 0 Å². The lowest BCUT2D eigenvalue weighted by Crippen LogP contribution is -2.13. The normalized spacial score (nSPS) is 10.0. The average molecular weight is 259 g/mol. The quantitative estimate of drug-likeness (QED) is 0.807. The maximum atomic E-state index is 5.61. The third-order valence-electron chi connectivity index (χ3n) is 2.51. The molecule has 5 heteroatoms. The van der Waals surface area contributed by atoms with Crippen LogP contribution in [0.15, 0.2) is 36.7 Å². The van der Waals surface area contributed by atoms with E-state index in [2.05, 4.69) is 15.3 Å². The highest BCUT2D eigenvalue weighted by Gasteiger charge is 1.97. The number of rotatable bonds is 6. The SMILES string of the molecule is COc1cnc(NCCOc2cccc(C)c2)nc1. The number of aromatic nitrogens is 2. The maximum Gasteiger partial charge on any atom is 0.222 e. The highest BCUT2D eigenvalue weighted by Crippen LogP contribution is 2.12. The Labute approximate surface area is 112 Å². The second kappa shape index (κ2) is 6.58. The third-order valence-corrected chi connectivity index (χ3v) is 2.51. The van der Waals surface area contributed by atoms with Gasteiger partial charge in [0.15, 0.2) is 5.75 Å². The summed E-state index contributed by atoms with van der Waals surface area (Å²) in [7, 11) is 1.58. The first kappa shape index (κ1) is 13.1. The zero-order valence-corrected chi connectivity index (χ0v) is 11.1. The van der Waals surface area contributed by atoms with Gasteiger partial charge in [-0.2, -0.15) is 0 Å². The molecule has 0 atom stereocenters. The number of hydrogen-bond donors (Lipinski definition) is 1. The number of anilines is 1. The van der Waals surface area contributed by atoms with E-state index in [-0.39, 0.29) is 0 Å². The highest BCUT2D eigenvalue weighted by molar-refractivity contribution is 5.28. The van der Waals surface area contributed by atoms with Crippen LogP contribution < -0.4 is 14.8 Å². The second-order valence-electron chi connectivity index (χ2n) is 4.04. The lowest BCUT2D eigenvalue weighted by atomic mass is 10.2. The van der Waals surface area contributed by atoms with E-state index in [4.69, 9.17) is 9.47 Å². The van der Waals surface area contributed by atoms with Crippen molar-refractivity contribution in [1.29, 1.82) is 0 Å². The molecule has 1 heterocycles. The van der Waals surface area contributed by atoms with Crippen LogP contribution in [0, 0.1) is 6.92 Å². The molecule has 0 aliphatic rings. The zero-order valence-electron chi connectivity index (χ0n) is 11.1. The molecule has 2 aromatic rings. The van der Waals surface area contributed by atoms with Crippen molar-refractivity contribution in [2.75, 3.05) is 25.6 Å². The Bertz CT molecular complexity index is 514. The van der Waals surface area contributed by atoms with Crippen LogP contribution in [0.25, 0.3) is 0 Å². The topological polar surface area (TPSA) is 56.3 Å². The van der Waals surface area contributed by atoms with Crippen molar-refractivity contribution in [3.63, 3.8) is 0 Å². The van der Waals surface area contributed by atoms with Crippen molar-refractivity contribution in [3.05, 3.63) is 42.2 Å². The molecule has 19 heavy (non-hydrogen) atoms. The minimum Gasteiger partial charge on any atom is -0.494 e. The molecule has 2 rings (SSSR count). The molecule has 0 bridgehead atoms. The minimum absolute atomic E-state index is 0.554. The monoisotopic (exact) mass is 259 g/mol. The van der Waals surface area contributed by atoms with Crippen molar-refractivity contribution >= 4 is 5.95 Å². The van der Waals surface area contributed by atoms with E-state index < -0.39 is 0 Å². The van der Waals surface area contributed by atoms with Crippen LogP contribution in [0.5, 0.6) is 11.5 Å². The number of methoxy groups -OCH3 is 1. The van der Waals surface area contributed by atoms with E-state index in [1.54, 1.807) is 19.5 Å². The molecule has 0 saturated carbocycles. The van der Waals surface area contributed by atoms with Gasteiger partial charge >= 0.3 is 0 Å². The van der Waals surface area contributed by atoms with Gasteiger partial charge in [-0.1, -0.05) is 12.1 Å². The molecular weight excluding hydrogens is 242 g/mol. The van der Waals surface area contributed by atoms with Gasteiger partial charge in [-0.05, 0) is 24.6 Å². The number of nitrogens with one attached hydrogen (secondary N) is 1. The van der Waals surface area contributed by atoms with Gasteiger partial charge in [-0.15, -0.1) is 0 Å². The molecule has 1 aromatic carbocycles. The predicted octanol–water partition coefficient (Wildman–Crippen LogP) is 2.28. The molecular formula is C14H17N3O2. The number of ether oxygens (including phenoxy) is 2. The van der Waals surface area contributed by atoms with Gasteiger partial charge in [0, 0.05) is 0 Å². The molecule has 5 nitrogen and oxygen atoms in total. The van der Waals surface area contributed by atoms with Crippen LogP contribution in [0.3, 0.4) is 0 Å². The Morgan fingerprint density at radius 2 is 1.95 bits per heavy atom. The summed E-state index contributed by atoms with van der Waals surface area (Å²) in [5.74, 6) is 2.08. The summed E-state index contributed by atoms with van der Waals surface area (Å²) in [6, 6.07) is 7.96. The Kier molecular flexibility index (Phi) is 4.55. The largest absolute Gasteiger partial charge is 0.494 e. The summed E-state index contributed by atoms with van der Waals surface area (Å²) in [6.45, 7) is 3.23. The fraction of sp³-hybridized carbons (Fsp3) is 0.286. The Morgan fingerprint density at radius 3 is 2.63 bits per heavy atom. The second-order valence-corrected chi connectivity index (χ2v) is 4.04. The Balaban J connectivity index is 1.74. The van der Waals surface area contributed by atoms with E-state index in [9.17, 15) is 0 Å². The van der Waals surface area contributed by atoms with Crippen molar-refractivity contribution in [2.45, 2.75) is 6.92 Å². The highest BCUT2D eigenvalue weighted by atomic mass is 16.5. The first-order valence-electron chi connectivity index (χ1n) is 6.07. The maximum absolute atomic E-state index is 5.61. The molecule has 0 spiro atoms. The van der Waals surface area contributed by atoms with E-state index >= 15 is 0 Å². The van der Waals surface area contributed by atoms with Gasteiger partial charge < -0.3 is 14.8 Å². The first-order valence-corrected chi connectivity index (χ1v) is 6.07. The van der Waals surface area contributed by atoms with Gasteiger partial charge in [-0.3, -0.25) is 0 Å². The fourth-order valence-corrected chi connectivity index (χ4v) is 1.55. The summed E-state index contributed by atoms with van der Waals surface area (Å²) in [6.07, 6.45) is 3.24. The lowest BCUT2D eigenvalue weighted by Gasteiger charge is -2.08. The first-order chi connectivity index (χ1) is 9.28. The van der Waals surface area contributed by atoms with E-state index in [1.165, 1.54) is 5.56 Å². The van der Waals surface area contributed by atoms with Crippen LogP contribution in [-0.2, 0) is 0 Å². The predicted molar refractivity (Wildman–Crippen MR) is 73.7 cm³/mol. The molecule has 0 fully saturated rings. The fourth-order valence-electron chi connectivity index (χ4n) is 1.55. The van der Waals surface area contributed by atoms with Crippen LogP contribution >= 0.6 is 0 Å². The van der Waals surface area contributed by atoms with Crippen LogP contribution in [0.2, 0.25) is 0 Å². The Morgan fingerprint density at radius 1 is 1.16 bits per heavy atom. The minimum atomic E-state index is 0.554. The van der Waals surface area contributed by atoms with Crippen LogP contribution in [0.4, 0.5) is 5.95 Å². The summed E-state index contributed by atoms with van der Waals surface area (Å²) in [4.78, 5) is 8.21. The van der Waals surface area contributed by atoms with Crippen LogP contribution in [-0.4, -0.2) is 30.2 Å².